The number of nitrogens with zero attached hydrogens (tertiary/aromatic N) is 1. The number of carbonyl (C=O) groups is 1. The maximum atomic E-state index is 13.4. The Bertz CT molecular complexity index is 1950. The molecular formula is C33H22N2O6. The van der Waals surface area contributed by atoms with E-state index in [1.54, 1.807) is 36.4 Å². The van der Waals surface area contributed by atoms with Gasteiger partial charge in [0.05, 0.1) is 11.6 Å². The van der Waals surface area contributed by atoms with Crippen molar-refractivity contribution < 1.29 is 22.8 Å². The van der Waals surface area contributed by atoms with Gasteiger partial charge in [-0.2, -0.15) is 5.26 Å². The molecule has 6 rings (SSSR count). The van der Waals surface area contributed by atoms with Gasteiger partial charge in [-0.3, -0.25) is 14.9 Å². The molecule has 1 unspecified atom stereocenters. The fourth-order valence-corrected chi connectivity index (χ4v) is 4.54. The lowest BCUT2D eigenvalue weighted by Gasteiger charge is -2.15. The summed E-state index contributed by atoms with van der Waals surface area (Å²) in [6, 6.07) is 30.8. The van der Waals surface area contributed by atoms with E-state index in [9.17, 15) is 14.9 Å². The summed E-state index contributed by atoms with van der Waals surface area (Å²) in [6.07, 6.45) is 0.268. The Balaban J connectivity index is 1.37. The summed E-state index contributed by atoms with van der Waals surface area (Å²) in [4.78, 5) is 26.8. The molecular weight excluding hydrogens is 520 g/mol. The van der Waals surface area contributed by atoms with Gasteiger partial charge in [0, 0.05) is 11.1 Å². The number of rotatable bonds is 7. The molecule has 41 heavy (non-hydrogen) atoms. The first kappa shape index (κ1) is 25.5. The van der Waals surface area contributed by atoms with Crippen LogP contribution < -0.4 is 15.5 Å². The van der Waals surface area contributed by atoms with Gasteiger partial charge < -0.3 is 18.0 Å². The summed E-state index contributed by atoms with van der Waals surface area (Å²) >= 11 is 0. The van der Waals surface area contributed by atoms with Gasteiger partial charge in [0.15, 0.2) is 11.9 Å². The van der Waals surface area contributed by atoms with Crippen LogP contribution in [0.5, 0.6) is 5.75 Å². The molecule has 8 nitrogen and oxygen atoms in total. The molecule has 0 aliphatic carbocycles. The highest BCUT2D eigenvalue weighted by Gasteiger charge is 2.28. The zero-order valence-electron chi connectivity index (χ0n) is 21.8. The Labute approximate surface area is 234 Å². The number of amides is 1. The lowest BCUT2D eigenvalue weighted by molar-refractivity contribution is -0.122. The number of nitriles is 1. The zero-order valence-corrected chi connectivity index (χ0v) is 21.8. The molecule has 0 spiro atoms. The van der Waals surface area contributed by atoms with E-state index in [2.05, 4.69) is 11.4 Å². The predicted molar refractivity (Wildman–Crippen MR) is 153 cm³/mol. The second-order valence-electron chi connectivity index (χ2n) is 9.17. The molecule has 0 fully saturated rings. The number of nitrogens with one attached hydrogen (secondary N) is 1. The van der Waals surface area contributed by atoms with Gasteiger partial charge >= 0.3 is 0 Å². The molecule has 8 heteroatoms. The fourth-order valence-electron chi connectivity index (χ4n) is 4.54. The smallest absolute Gasteiger partial charge is 0.267 e. The zero-order chi connectivity index (χ0) is 28.3. The molecule has 0 aliphatic heterocycles. The predicted octanol–water partition coefficient (Wildman–Crippen LogP) is 7.26. The number of para-hydroxylation sites is 1. The van der Waals surface area contributed by atoms with Gasteiger partial charge in [-0.05, 0) is 36.8 Å². The third-order valence-corrected chi connectivity index (χ3v) is 6.52. The first-order valence-electron chi connectivity index (χ1n) is 12.8. The average Bonchev–Trinajstić information content (AvgIpc) is 3.68. The standard InChI is InChI=1S/C33H22N2O6/c1-20(39-31-28(36)23-15-8-9-16-25(23)40-30(31)26-17-10-18-38-26)32(37)35-33-24(19-34)27(21-11-4-2-5-12-21)29(41-33)22-13-6-3-7-14-22/h2-18,20H,1H3,(H,35,37). The van der Waals surface area contributed by atoms with Crippen LogP contribution in [0.15, 0.2) is 121 Å². The maximum Gasteiger partial charge on any atom is 0.267 e. The van der Waals surface area contributed by atoms with Gasteiger partial charge in [-0.15, -0.1) is 0 Å². The van der Waals surface area contributed by atoms with Crippen LogP contribution in [0.1, 0.15) is 12.5 Å². The maximum absolute atomic E-state index is 13.4. The number of hydrogen-bond acceptors (Lipinski definition) is 7. The van der Waals surface area contributed by atoms with Crippen LogP contribution in [0.3, 0.4) is 0 Å². The van der Waals surface area contributed by atoms with E-state index < -0.39 is 17.4 Å². The van der Waals surface area contributed by atoms with E-state index in [1.165, 1.54) is 13.2 Å². The third-order valence-electron chi connectivity index (χ3n) is 6.52. The van der Waals surface area contributed by atoms with Crippen LogP contribution >= 0.6 is 0 Å². The van der Waals surface area contributed by atoms with E-state index in [1.807, 2.05) is 60.7 Å². The van der Waals surface area contributed by atoms with E-state index in [0.717, 1.165) is 11.1 Å². The van der Waals surface area contributed by atoms with E-state index in [0.29, 0.717) is 22.3 Å². The summed E-state index contributed by atoms with van der Waals surface area (Å²) < 4.78 is 23.5. The molecule has 6 aromatic rings. The van der Waals surface area contributed by atoms with Gasteiger partial charge in [0.2, 0.25) is 22.8 Å². The quantitative estimate of drug-likeness (QED) is 0.225. The Kier molecular flexibility index (Phi) is 6.68. The largest absolute Gasteiger partial charge is 0.473 e. The van der Waals surface area contributed by atoms with E-state index in [-0.39, 0.29) is 28.7 Å². The third kappa shape index (κ3) is 4.77. The summed E-state index contributed by atoms with van der Waals surface area (Å²) in [5.74, 6) is -0.0568. The van der Waals surface area contributed by atoms with Crippen molar-refractivity contribution in [3.63, 3.8) is 0 Å². The van der Waals surface area contributed by atoms with Crippen LogP contribution in [0, 0.1) is 11.3 Å². The number of hydrogen-bond donors (Lipinski definition) is 1. The molecule has 200 valence electrons. The number of furan rings is 2. The molecule has 3 aromatic heterocycles. The molecule has 3 heterocycles. The Hall–Kier alpha value is -5.81. The van der Waals surface area contributed by atoms with Crippen molar-refractivity contribution in [1.82, 2.24) is 0 Å². The highest BCUT2D eigenvalue weighted by atomic mass is 16.5. The highest BCUT2D eigenvalue weighted by molar-refractivity contribution is 5.97. The van der Waals surface area contributed by atoms with Gasteiger partial charge in [-0.25, -0.2) is 0 Å². The first-order valence-corrected chi connectivity index (χ1v) is 12.8. The minimum absolute atomic E-state index is 0.0255. The number of carbonyl (C=O) groups excluding carboxylic acids is 1. The fraction of sp³-hybridized carbons (Fsp3) is 0.0606. The number of benzene rings is 3. The molecule has 0 radical (unpaired) electrons. The minimum Gasteiger partial charge on any atom is -0.473 e. The Morgan fingerprint density at radius 3 is 2.22 bits per heavy atom. The van der Waals surface area contributed by atoms with Gasteiger partial charge in [0.1, 0.15) is 23.0 Å². The second kappa shape index (κ2) is 10.8. The van der Waals surface area contributed by atoms with Crippen molar-refractivity contribution in [2.45, 2.75) is 13.0 Å². The second-order valence-corrected chi connectivity index (χ2v) is 9.17. The Morgan fingerprint density at radius 1 is 0.854 bits per heavy atom. The van der Waals surface area contributed by atoms with Crippen molar-refractivity contribution in [2.24, 2.45) is 0 Å². The van der Waals surface area contributed by atoms with Crippen LogP contribution in [-0.4, -0.2) is 12.0 Å². The molecule has 3 aromatic carbocycles. The van der Waals surface area contributed by atoms with Gasteiger partial charge in [0.25, 0.3) is 5.91 Å². The lowest BCUT2D eigenvalue weighted by atomic mass is 9.98. The SMILES string of the molecule is CC(Oc1c(-c2ccco2)oc2ccccc2c1=O)C(=O)Nc1oc(-c2ccccc2)c(-c2ccccc2)c1C#N. The van der Waals surface area contributed by atoms with E-state index >= 15 is 0 Å². The highest BCUT2D eigenvalue weighted by Crippen LogP contribution is 2.41. The van der Waals surface area contributed by atoms with Crippen molar-refractivity contribution >= 4 is 22.8 Å². The van der Waals surface area contributed by atoms with Crippen LogP contribution in [0.4, 0.5) is 5.88 Å². The van der Waals surface area contributed by atoms with Crippen molar-refractivity contribution in [3.8, 4) is 45.8 Å². The minimum atomic E-state index is -1.18. The van der Waals surface area contributed by atoms with Crippen LogP contribution in [-0.2, 0) is 4.79 Å². The molecule has 1 atom stereocenters. The topological polar surface area (TPSA) is 119 Å². The van der Waals surface area contributed by atoms with Gasteiger partial charge in [-0.1, -0.05) is 72.8 Å². The Morgan fingerprint density at radius 2 is 1.54 bits per heavy atom. The molecule has 0 saturated carbocycles. The molecule has 1 N–H and O–H groups in total. The summed E-state index contributed by atoms with van der Waals surface area (Å²) in [5, 5.41) is 13.1. The number of ether oxygens (including phenoxy) is 1. The van der Waals surface area contributed by atoms with Crippen molar-refractivity contribution in [3.05, 3.63) is 119 Å². The first-order chi connectivity index (χ1) is 20.0. The summed E-state index contributed by atoms with van der Waals surface area (Å²) in [6.45, 7) is 1.49. The van der Waals surface area contributed by atoms with Crippen molar-refractivity contribution in [1.29, 1.82) is 5.26 Å². The molecule has 0 saturated heterocycles. The molecule has 0 bridgehead atoms. The summed E-state index contributed by atoms with van der Waals surface area (Å²) in [7, 11) is 0. The number of fused-ring (bicyclic) bond motifs is 1. The van der Waals surface area contributed by atoms with Crippen LogP contribution in [0.25, 0.3) is 44.9 Å². The average molecular weight is 543 g/mol. The molecule has 0 aliphatic rings. The van der Waals surface area contributed by atoms with Crippen molar-refractivity contribution in [2.75, 3.05) is 5.32 Å². The molecule has 1 amide bonds. The lowest BCUT2D eigenvalue weighted by Crippen LogP contribution is -2.32. The normalized spacial score (nSPS) is 11.6. The number of anilines is 1. The monoisotopic (exact) mass is 542 g/mol. The summed E-state index contributed by atoms with van der Waals surface area (Å²) in [5.41, 5.74) is 2.11. The van der Waals surface area contributed by atoms with E-state index in [4.69, 9.17) is 18.0 Å². The van der Waals surface area contributed by atoms with Crippen LogP contribution in [0.2, 0.25) is 0 Å².